The molecule has 8 heteroatoms. The number of hydrogen-bond acceptors (Lipinski definition) is 4. The van der Waals surface area contributed by atoms with Gasteiger partial charge in [0.15, 0.2) is 0 Å². The van der Waals surface area contributed by atoms with Crippen LogP contribution < -0.4 is 11.1 Å². The Balaban J connectivity index is 3.06. The zero-order valence-corrected chi connectivity index (χ0v) is 12.4. The normalized spacial score (nSPS) is 14.0. The summed E-state index contributed by atoms with van der Waals surface area (Å²) < 4.78 is 37.6. The summed E-state index contributed by atoms with van der Waals surface area (Å²) >= 11 is 0. The van der Waals surface area contributed by atoms with Crippen molar-refractivity contribution in [2.24, 2.45) is 5.73 Å². The summed E-state index contributed by atoms with van der Waals surface area (Å²) in [6.07, 6.45) is -5.54. The summed E-state index contributed by atoms with van der Waals surface area (Å²) in [7, 11) is 0. The van der Waals surface area contributed by atoms with Gasteiger partial charge in [-0.2, -0.15) is 13.2 Å². The van der Waals surface area contributed by atoms with E-state index in [-0.39, 0.29) is 17.0 Å². The average Bonchev–Trinajstić information content (AvgIpc) is 2.44. The fraction of sp³-hybridized carbons (Fsp3) is 0.267. The molecule has 0 aliphatic rings. The van der Waals surface area contributed by atoms with Crippen LogP contribution in [0.3, 0.4) is 0 Å². The van der Waals surface area contributed by atoms with Gasteiger partial charge in [-0.05, 0) is 24.6 Å². The highest BCUT2D eigenvalue weighted by Gasteiger charge is 2.30. The van der Waals surface area contributed by atoms with Crippen molar-refractivity contribution in [2.45, 2.75) is 19.2 Å². The zero-order valence-electron chi connectivity index (χ0n) is 12.4. The molecule has 23 heavy (non-hydrogen) atoms. The number of halogens is 3. The molecule has 1 atom stereocenters. The largest absolute Gasteiger partial charge is 0.416 e. The van der Waals surface area contributed by atoms with Gasteiger partial charge in [-0.3, -0.25) is 5.41 Å². The Labute approximate surface area is 131 Å². The first-order valence-electron chi connectivity index (χ1n) is 6.57. The molecule has 0 spiro atoms. The summed E-state index contributed by atoms with van der Waals surface area (Å²) in [6.45, 7) is 4.49. The minimum Gasteiger partial charge on any atom is -0.390 e. The van der Waals surface area contributed by atoms with Crippen LogP contribution >= 0.6 is 0 Å². The highest BCUT2D eigenvalue weighted by atomic mass is 19.4. The van der Waals surface area contributed by atoms with Crippen LogP contribution in [0.5, 0.6) is 0 Å². The van der Waals surface area contributed by atoms with E-state index in [4.69, 9.17) is 11.1 Å². The Morgan fingerprint density at radius 1 is 1.35 bits per heavy atom. The Morgan fingerprint density at radius 3 is 2.22 bits per heavy atom. The van der Waals surface area contributed by atoms with Gasteiger partial charge in [0.05, 0.1) is 24.0 Å². The van der Waals surface area contributed by atoms with Crippen LogP contribution in [0.2, 0.25) is 0 Å². The maximum absolute atomic E-state index is 12.5. The van der Waals surface area contributed by atoms with E-state index < -0.39 is 30.3 Å². The first kappa shape index (κ1) is 18.7. The molecule has 0 aliphatic heterocycles. The van der Waals surface area contributed by atoms with Gasteiger partial charge in [-0.25, -0.2) is 0 Å². The molecule has 1 rings (SSSR count). The van der Waals surface area contributed by atoms with Crippen molar-refractivity contribution in [3.8, 4) is 0 Å². The van der Waals surface area contributed by atoms with Gasteiger partial charge in [-0.1, -0.05) is 18.7 Å². The first-order chi connectivity index (χ1) is 10.6. The molecular formula is C15H18F3N3O2. The monoisotopic (exact) mass is 329 g/mol. The van der Waals surface area contributed by atoms with Gasteiger partial charge in [0.2, 0.25) is 0 Å². The Hall–Kier alpha value is -2.32. The van der Waals surface area contributed by atoms with Crippen molar-refractivity contribution in [2.75, 3.05) is 6.61 Å². The van der Waals surface area contributed by atoms with E-state index in [0.717, 1.165) is 12.1 Å². The maximum Gasteiger partial charge on any atom is 0.416 e. The molecule has 0 amide bonds. The zero-order chi connectivity index (χ0) is 17.8. The summed E-state index contributed by atoms with van der Waals surface area (Å²) in [4.78, 5) is 0. The van der Waals surface area contributed by atoms with E-state index in [9.17, 15) is 23.4 Å². The minimum atomic E-state index is -4.43. The summed E-state index contributed by atoms with van der Waals surface area (Å²) in [5.74, 6) is -0.434. The van der Waals surface area contributed by atoms with Crippen LogP contribution in [0, 0.1) is 5.41 Å². The van der Waals surface area contributed by atoms with Gasteiger partial charge in [0.1, 0.15) is 5.84 Å². The third-order valence-corrected chi connectivity index (χ3v) is 3.05. The lowest BCUT2D eigenvalue weighted by Crippen LogP contribution is -2.29. The molecule has 0 fully saturated rings. The maximum atomic E-state index is 12.5. The Bertz CT molecular complexity index is 620. The molecule has 5 nitrogen and oxygen atoms in total. The summed E-state index contributed by atoms with van der Waals surface area (Å²) in [5, 5.41) is 29.1. The highest BCUT2D eigenvalue weighted by Crippen LogP contribution is 2.29. The van der Waals surface area contributed by atoms with Crippen molar-refractivity contribution < 1.29 is 23.4 Å². The third kappa shape index (κ3) is 4.83. The predicted molar refractivity (Wildman–Crippen MR) is 81.3 cm³/mol. The molecule has 0 saturated carbocycles. The van der Waals surface area contributed by atoms with E-state index in [0.29, 0.717) is 5.56 Å². The van der Waals surface area contributed by atoms with E-state index in [2.05, 4.69) is 11.9 Å². The molecule has 6 N–H and O–H groups in total. The average molecular weight is 329 g/mol. The SMILES string of the molecule is C=C(NC(CO)=C(C(=N)N)C(C)O)c1ccc(C(F)(F)F)cc1. The van der Waals surface area contributed by atoms with Crippen molar-refractivity contribution in [3.05, 3.63) is 53.2 Å². The Morgan fingerprint density at radius 2 is 1.87 bits per heavy atom. The fourth-order valence-electron chi connectivity index (χ4n) is 1.95. The number of amidine groups is 1. The summed E-state index contributed by atoms with van der Waals surface area (Å²) in [5.41, 5.74) is 5.16. The van der Waals surface area contributed by atoms with Gasteiger partial charge in [-0.15, -0.1) is 0 Å². The molecule has 1 unspecified atom stereocenters. The van der Waals surface area contributed by atoms with Crippen molar-refractivity contribution in [3.63, 3.8) is 0 Å². The van der Waals surface area contributed by atoms with Gasteiger partial charge in [0, 0.05) is 11.3 Å². The second-order valence-corrected chi connectivity index (χ2v) is 4.82. The lowest BCUT2D eigenvalue weighted by Gasteiger charge is -2.18. The molecule has 0 aliphatic carbocycles. The standard InChI is InChI=1S/C15H18F3N3O2/c1-8(10-3-5-11(6-4-10)15(16,17)18)21-12(7-22)13(9(2)23)14(19)20/h3-6,9,21-23H,1,7H2,2H3,(H3,19,20). The number of nitrogens with one attached hydrogen (secondary N) is 2. The molecule has 0 heterocycles. The number of aliphatic hydroxyl groups excluding tert-OH is 2. The second-order valence-electron chi connectivity index (χ2n) is 4.82. The summed E-state index contributed by atoms with van der Waals surface area (Å²) in [6, 6.07) is 4.27. The highest BCUT2D eigenvalue weighted by molar-refractivity contribution is 5.96. The van der Waals surface area contributed by atoms with Crippen molar-refractivity contribution in [1.29, 1.82) is 5.41 Å². The number of hydrogen-bond donors (Lipinski definition) is 5. The number of alkyl halides is 3. The van der Waals surface area contributed by atoms with E-state index in [1.165, 1.54) is 19.1 Å². The molecule has 0 radical (unpaired) electrons. The van der Waals surface area contributed by atoms with Crippen LogP contribution in [-0.2, 0) is 6.18 Å². The molecule has 126 valence electrons. The van der Waals surface area contributed by atoms with Crippen LogP contribution in [-0.4, -0.2) is 28.8 Å². The van der Waals surface area contributed by atoms with Crippen LogP contribution in [0.25, 0.3) is 5.70 Å². The lowest BCUT2D eigenvalue weighted by molar-refractivity contribution is -0.137. The third-order valence-electron chi connectivity index (χ3n) is 3.05. The molecular weight excluding hydrogens is 311 g/mol. The number of benzene rings is 1. The molecule has 0 bridgehead atoms. The van der Waals surface area contributed by atoms with E-state index >= 15 is 0 Å². The van der Waals surface area contributed by atoms with Gasteiger partial charge in [0.25, 0.3) is 0 Å². The number of rotatable bonds is 6. The van der Waals surface area contributed by atoms with Gasteiger partial charge < -0.3 is 21.3 Å². The van der Waals surface area contributed by atoms with E-state index in [1.807, 2.05) is 0 Å². The predicted octanol–water partition coefficient (Wildman–Crippen LogP) is 1.83. The topological polar surface area (TPSA) is 102 Å². The molecule has 0 saturated heterocycles. The number of nitrogens with two attached hydrogens (primary N) is 1. The van der Waals surface area contributed by atoms with Crippen LogP contribution in [0.1, 0.15) is 18.1 Å². The first-order valence-corrected chi connectivity index (χ1v) is 6.57. The van der Waals surface area contributed by atoms with Crippen molar-refractivity contribution >= 4 is 11.5 Å². The Kier molecular flexibility index (Phi) is 5.94. The smallest absolute Gasteiger partial charge is 0.390 e. The van der Waals surface area contributed by atoms with E-state index in [1.54, 1.807) is 0 Å². The molecule has 0 aromatic heterocycles. The van der Waals surface area contributed by atoms with Crippen LogP contribution in [0.15, 0.2) is 42.1 Å². The molecule has 1 aromatic rings. The lowest BCUT2D eigenvalue weighted by atomic mass is 10.1. The van der Waals surface area contributed by atoms with Gasteiger partial charge >= 0.3 is 6.18 Å². The fourth-order valence-corrected chi connectivity index (χ4v) is 1.95. The van der Waals surface area contributed by atoms with Crippen LogP contribution in [0.4, 0.5) is 13.2 Å². The quantitative estimate of drug-likeness (QED) is 0.406. The minimum absolute atomic E-state index is 0.0134. The molecule has 1 aromatic carbocycles. The number of aliphatic hydroxyl groups is 2. The second kappa shape index (κ2) is 7.30. The van der Waals surface area contributed by atoms with Crippen molar-refractivity contribution in [1.82, 2.24) is 5.32 Å².